The van der Waals surface area contributed by atoms with E-state index < -0.39 is 53.6 Å². The summed E-state index contributed by atoms with van der Waals surface area (Å²) < 4.78 is 82.0. The predicted octanol–water partition coefficient (Wildman–Crippen LogP) is 2.36. The molecule has 1 aromatic carbocycles. The van der Waals surface area contributed by atoms with Gasteiger partial charge in [0.15, 0.2) is 17.5 Å². The quantitative estimate of drug-likeness (QED) is 0.278. The van der Waals surface area contributed by atoms with E-state index in [0.29, 0.717) is 5.56 Å². The molecule has 0 saturated carbocycles. The van der Waals surface area contributed by atoms with Crippen molar-refractivity contribution in [3.63, 3.8) is 0 Å². The molecular formula is C22H19F6N7O3. The maximum Gasteiger partial charge on any atom is 0.430 e. The van der Waals surface area contributed by atoms with Crippen LogP contribution in [0.25, 0.3) is 21.7 Å². The van der Waals surface area contributed by atoms with Gasteiger partial charge in [0.1, 0.15) is 5.69 Å². The number of aryl methyl sites for hydroxylation is 1. The maximum atomic E-state index is 13.8. The van der Waals surface area contributed by atoms with Gasteiger partial charge in [-0.05, 0) is 18.6 Å². The van der Waals surface area contributed by atoms with Crippen molar-refractivity contribution in [3.8, 4) is 11.3 Å². The number of nitrogens with one attached hydrogen (secondary N) is 2. The zero-order valence-electron chi connectivity index (χ0n) is 19.6. The number of fused-ring (bicyclic) bond motifs is 1. The molecule has 0 aliphatic heterocycles. The molecule has 16 heteroatoms. The van der Waals surface area contributed by atoms with Crippen LogP contribution >= 0.6 is 0 Å². The van der Waals surface area contributed by atoms with Crippen molar-refractivity contribution in [2.24, 2.45) is 0 Å². The third-order valence-electron chi connectivity index (χ3n) is 5.62. The number of carbonyl (C=O) groups is 2. The normalized spacial score (nSPS) is 14.4. The van der Waals surface area contributed by atoms with Gasteiger partial charge in [-0.15, -0.1) is 0 Å². The number of nitrogens with zero attached hydrogens (tertiary/aromatic N) is 4. The monoisotopic (exact) mass is 543 g/mol. The van der Waals surface area contributed by atoms with Crippen LogP contribution < -0.4 is 16.4 Å². The van der Waals surface area contributed by atoms with Gasteiger partial charge in [0.05, 0.1) is 11.9 Å². The zero-order valence-corrected chi connectivity index (χ0v) is 19.6. The largest absolute Gasteiger partial charge is 0.430 e. The van der Waals surface area contributed by atoms with Crippen LogP contribution in [0.5, 0.6) is 0 Å². The number of aromatic nitrogens is 3. The van der Waals surface area contributed by atoms with E-state index in [1.165, 1.54) is 13.0 Å². The van der Waals surface area contributed by atoms with E-state index in [1.807, 2.05) is 0 Å². The van der Waals surface area contributed by atoms with Gasteiger partial charge in [-0.1, -0.05) is 12.1 Å². The highest BCUT2D eigenvalue weighted by Gasteiger charge is 2.60. The molecule has 3 aromatic rings. The Morgan fingerprint density at radius 3 is 2.45 bits per heavy atom. The van der Waals surface area contributed by atoms with Crippen molar-refractivity contribution < 1.29 is 41.0 Å². The Hall–Kier alpha value is -4.39. The van der Waals surface area contributed by atoms with Gasteiger partial charge in [0.25, 0.3) is 17.4 Å². The summed E-state index contributed by atoms with van der Waals surface area (Å²) in [7, 11) is 0.919. The molecule has 202 valence electrons. The summed E-state index contributed by atoms with van der Waals surface area (Å²) in [5.74, 6) is -3.44. The molecule has 2 unspecified atom stereocenters. The van der Waals surface area contributed by atoms with Gasteiger partial charge in [-0.2, -0.15) is 26.3 Å². The van der Waals surface area contributed by atoms with E-state index in [1.54, 1.807) is 10.6 Å². The molecule has 0 bridgehead atoms. The average molecular weight is 543 g/mol. The first kappa shape index (κ1) is 28.2. The van der Waals surface area contributed by atoms with Crippen LogP contribution in [0.4, 0.5) is 32.2 Å². The molecule has 5 N–H and O–H groups in total. The Bertz CT molecular complexity index is 1440. The fourth-order valence-corrected chi connectivity index (χ4v) is 3.60. The number of anilines is 1. The smallest absolute Gasteiger partial charge is 0.381 e. The summed E-state index contributed by atoms with van der Waals surface area (Å²) in [5.41, 5.74) is 0.822. The Morgan fingerprint density at radius 2 is 1.89 bits per heavy atom. The van der Waals surface area contributed by atoms with E-state index >= 15 is 0 Å². The van der Waals surface area contributed by atoms with E-state index in [2.05, 4.69) is 14.8 Å². The summed E-state index contributed by atoms with van der Waals surface area (Å²) in [5, 5.41) is 13.9. The summed E-state index contributed by atoms with van der Waals surface area (Å²) >= 11 is 0. The van der Waals surface area contributed by atoms with Crippen LogP contribution in [0.3, 0.4) is 0 Å². The fourth-order valence-electron chi connectivity index (χ4n) is 3.60. The first-order chi connectivity index (χ1) is 17.6. The maximum absolute atomic E-state index is 13.8. The number of amides is 2. The third kappa shape index (κ3) is 4.92. The molecule has 2 atom stereocenters. The molecule has 10 nitrogen and oxygen atoms in total. The highest BCUT2D eigenvalue weighted by atomic mass is 19.4. The number of benzene rings is 1. The van der Waals surface area contributed by atoms with Crippen LogP contribution in [-0.2, 0) is 10.4 Å². The average Bonchev–Trinajstić information content (AvgIpc) is 3.26. The van der Waals surface area contributed by atoms with Crippen LogP contribution in [0, 0.1) is 13.5 Å². The van der Waals surface area contributed by atoms with Crippen molar-refractivity contribution in [1.29, 1.82) is 0 Å². The number of carbonyl (C=O) groups excluding carboxylic acids is 2. The number of hydrogen-bond acceptors (Lipinski definition) is 6. The van der Waals surface area contributed by atoms with Crippen molar-refractivity contribution >= 4 is 23.3 Å². The third-order valence-corrected chi connectivity index (χ3v) is 5.62. The molecule has 2 amide bonds. The lowest BCUT2D eigenvalue weighted by molar-refractivity contribution is -0.256. The molecule has 0 spiro atoms. The van der Waals surface area contributed by atoms with Crippen LogP contribution in [0.2, 0.25) is 0 Å². The highest BCUT2D eigenvalue weighted by Crippen LogP contribution is 2.41. The number of imidazole rings is 1. The van der Waals surface area contributed by atoms with Gasteiger partial charge in [0.2, 0.25) is 6.54 Å². The van der Waals surface area contributed by atoms with Crippen LogP contribution in [0.15, 0.2) is 30.6 Å². The Labute approximate surface area is 210 Å². The van der Waals surface area contributed by atoms with Crippen LogP contribution in [-0.4, -0.2) is 63.3 Å². The molecule has 0 saturated heterocycles. The lowest BCUT2D eigenvalue weighted by atomic mass is 9.89. The van der Waals surface area contributed by atoms with Crippen molar-refractivity contribution in [2.45, 2.75) is 30.9 Å². The van der Waals surface area contributed by atoms with Crippen molar-refractivity contribution in [2.75, 3.05) is 19.3 Å². The molecular weight excluding hydrogens is 524 g/mol. The number of nitrogens with two attached hydrogens (primary N) is 1. The van der Waals surface area contributed by atoms with E-state index in [4.69, 9.17) is 12.3 Å². The fraction of sp³-hybridized carbons (Fsp3) is 0.318. The molecule has 0 aliphatic rings. The molecule has 2 aromatic heterocycles. The molecule has 0 fully saturated rings. The first-order valence-electron chi connectivity index (χ1n) is 10.5. The molecule has 38 heavy (non-hydrogen) atoms. The van der Waals surface area contributed by atoms with Gasteiger partial charge < -0.3 is 26.3 Å². The van der Waals surface area contributed by atoms with E-state index in [0.717, 1.165) is 36.0 Å². The predicted molar refractivity (Wildman–Crippen MR) is 120 cm³/mol. The number of halogens is 6. The van der Waals surface area contributed by atoms with Gasteiger partial charge in [0, 0.05) is 24.4 Å². The SMILES string of the molecule is [C-]#[N+]CC(NC(=O)c1cn2c(-c3cc(C(O)(C(=O)NC)C(F)(F)F)ccc3C)cnc2c(N)n1)C(F)(F)F. The molecule has 0 aliphatic carbocycles. The second-order valence-corrected chi connectivity index (χ2v) is 8.07. The van der Waals surface area contributed by atoms with Gasteiger partial charge in [-0.25, -0.2) is 16.5 Å². The summed E-state index contributed by atoms with van der Waals surface area (Å²) in [6.07, 6.45) is -8.20. The topological polar surface area (TPSA) is 139 Å². The number of alkyl halides is 6. The Kier molecular flexibility index (Phi) is 7.28. The standard InChI is InChI=1S/C22H19F6N7O3/c1-10-4-5-11(20(38,19(37)31-3)22(26,27)28)6-12(10)14-7-32-17-16(29)33-13(9-35(14)17)18(36)34-15(8-30-2)21(23,24)25/h4-7,9,15,38H,8H2,1,3H3,(H2,29,33)(H,31,37)(H,34,36). The minimum atomic E-state index is -5.40. The molecule has 0 radical (unpaired) electrons. The second kappa shape index (κ2) is 9.82. The lowest BCUT2D eigenvalue weighted by Crippen LogP contribution is -2.53. The number of hydrogen-bond donors (Lipinski definition) is 4. The minimum Gasteiger partial charge on any atom is -0.381 e. The zero-order chi connectivity index (χ0) is 28.6. The van der Waals surface area contributed by atoms with E-state index in [9.17, 15) is 41.0 Å². The summed E-state index contributed by atoms with van der Waals surface area (Å²) in [6, 6.07) is 0.527. The molecule has 3 rings (SSSR count). The van der Waals surface area contributed by atoms with Crippen LogP contribution in [0.1, 0.15) is 21.6 Å². The van der Waals surface area contributed by atoms with Gasteiger partial charge in [-0.3, -0.25) is 14.0 Å². The minimum absolute atomic E-state index is 0.0254. The number of rotatable bonds is 6. The highest BCUT2D eigenvalue weighted by molar-refractivity contribution is 5.93. The Morgan fingerprint density at radius 1 is 1.24 bits per heavy atom. The van der Waals surface area contributed by atoms with Crippen molar-refractivity contribution in [1.82, 2.24) is 25.0 Å². The first-order valence-corrected chi connectivity index (χ1v) is 10.5. The van der Waals surface area contributed by atoms with E-state index in [-0.39, 0.29) is 22.7 Å². The number of nitrogen functional groups attached to an aromatic ring is 1. The number of likely N-dealkylation sites (N-methyl/N-ethyl adjacent to an activating group) is 1. The summed E-state index contributed by atoms with van der Waals surface area (Å²) in [6.45, 7) is 7.10. The Balaban J connectivity index is 2.16. The second-order valence-electron chi connectivity index (χ2n) is 8.07. The van der Waals surface area contributed by atoms with Gasteiger partial charge >= 0.3 is 12.4 Å². The number of aliphatic hydroxyl groups is 1. The van der Waals surface area contributed by atoms with Crippen molar-refractivity contribution in [3.05, 3.63) is 58.8 Å². The lowest BCUT2D eigenvalue weighted by Gasteiger charge is -2.29. The molecule has 2 heterocycles. The summed E-state index contributed by atoms with van der Waals surface area (Å²) in [4.78, 5) is 35.0.